The van der Waals surface area contributed by atoms with Crippen LogP contribution >= 0.6 is 0 Å². The van der Waals surface area contributed by atoms with E-state index in [1.807, 2.05) is 36.4 Å². The predicted octanol–water partition coefficient (Wildman–Crippen LogP) is 1.73. The number of rotatable bonds is 4. The first kappa shape index (κ1) is 14.3. The molecule has 0 N–H and O–H groups in total. The molecule has 1 aromatic heterocycles. The second-order valence-electron chi connectivity index (χ2n) is 4.22. The molecule has 0 atom stereocenters. The Balaban J connectivity index is 2.49. The van der Waals surface area contributed by atoms with Crippen molar-refractivity contribution in [2.24, 2.45) is 0 Å². The molecule has 0 bridgehead atoms. The summed E-state index contributed by atoms with van der Waals surface area (Å²) in [5.41, 5.74) is 0.149. The van der Waals surface area contributed by atoms with Crippen molar-refractivity contribution in [3.8, 4) is 18.0 Å². The van der Waals surface area contributed by atoms with E-state index in [2.05, 4.69) is 4.98 Å². The molecule has 1 amide bonds. The maximum absolute atomic E-state index is 12.3. The zero-order valence-corrected chi connectivity index (χ0v) is 11.4. The standard InChI is InChI=1S/C15H12N4O2/c1-21-14-12-5-3-2-4-11(12)10-13(18-14)15(20)19(8-6-16)9-7-17/h2-5,10H,8-9H2,1H3. The Hall–Kier alpha value is -3.12. The van der Waals surface area contributed by atoms with Crippen LogP contribution in [0.15, 0.2) is 30.3 Å². The first-order valence-corrected chi connectivity index (χ1v) is 6.18. The lowest BCUT2D eigenvalue weighted by Gasteiger charge is -2.16. The maximum Gasteiger partial charge on any atom is 0.274 e. The Labute approximate surface area is 121 Å². The van der Waals surface area contributed by atoms with Crippen molar-refractivity contribution in [1.82, 2.24) is 9.88 Å². The van der Waals surface area contributed by atoms with E-state index in [9.17, 15) is 4.79 Å². The Morgan fingerprint density at radius 2 is 1.95 bits per heavy atom. The number of aromatic nitrogens is 1. The van der Waals surface area contributed by atoms with Crippen molar-refractivity contribution < 1.29 is 9.53 Å². The summed E-state index contributed by atoms with van der Waals surface area (Å²) in [5, 5.41) is 19.1. The van der Waals surface area contributed by atoms with Gasteiger partial charge in [0, 0.05) is 5.39 Å². The molecule has 0 saturated heterocycles. The zero-order chi connectivity index (χ0) is 15.2. The van der Waals surface area contributed by atoms with Crippen LogP contribution in [-0.4, -0.2) is 36.0 Å². The van der Waals surface area contributed by atoms with Crippen molar-refractivity contribution in [2.45, 2.75) is 0 Å². The van der Waals surface area contributed by atoms with Gasteiger partial charge in [-0.05, 0) is 17.5 Å². The quantitative estimate of drug-likeness (QED) is 0.795. The molecule has 0 unspecified atom stereocenters. The minimum absolute atomic E-state index is 0.149. The van der Waals surface area contributed by atoms with Gasteiger partial charge in [-0.25, -0.2) is 4.98 Å². The molecule has 2 rings (SSSR count). The van der Waals surface area contributed by atoms with Crippen LogP contribution in [0.3, 0.4) is 0 Å². The molecule has 6 nitrogen and oxygen atoms in total. The second-order valence-corrected chi connectivity index (χ2v) is 4.22. The van der Waals surface area contributed by atoms with Crippen LogP contribution in [0.25, 0.3) is 10.8 Å². The summed E-state index contributed by atoms with van der Waals surface area (Å²) >= 11 is 0. The van der Waals surface area contributed by atoms with Gasteiger partial charge >= 0.3 is 0 Å². The molecule has 6 heteroatoms. The summed E-state index contributed by atoms with van der Waals surface area (Å²) in [6.07, 6.45) is 0. The van der Waals surface area contributed by atoms with Crippen LogP contribution in [0.2, 0.25) is 0 Å². The lowest BCUT2D eigenvalue weighted by Crippen LogP contribution is -2.32. The minimum Gasteiger partial charge on any atom is -0.481 e. The molecule has 0 saturated carbocycles. The largest absolute Gasteiger partial charge is 0.481 e. The fraction of sp³-hybridized carbons (Fsp3) is 0.200. The van der Waals surface area contributed by atoms with Crippen molar-refractivity contribution in [1.29, 1.82) is 10.5 Å². The summed E-state index contributed by atoms with van der Waals surface area (Å²) in [5.74, 6) is -0.132. The van der Waals surface area contributed by atoms with E-state index in [1.165, 1.54) is 7.11 Å². The smallest absolute Gasteiger partial charge is 0.274 e. The fourth-order valence-electron chi connectivity index (χ4n) is 1.96. The summed E-state index contributed by atoms with van der Waals surface area (Å²) in [7, 11) is 1.48. The number of nitriles is 2. The summed E-state index contributed by atoms with van der Waals surface area (Å²) in [6, 6.07) is 12.7. The zero-order valence-electron chi connectivity index (χ0n) is 11.4. The highest BCUT2D eigenvalue weighted by atomic mass is 16.5. The van der Waals surface area contributed by atoms with Gasteiger partial charge < -0.3 is 9.64 Å². The van der Waals surface area contributed by atoms with Crippen molar-refractivity contribution >= 4 is 16.7 Å². The van der Waals surface area contributed by atoms with Crippen molar-refractivity contribution in [3.05, 3.63) is 36.0 Å². The van der Waals surface area contributed by atoms with Crippen LogP contribution in [0.5, 0.6) is 5.88 Å². The maximum atomic E-state index is 12.3. The lowest BCUT2D eigenvalue weighted by molar-refractivity contribution is 0.0788. The van der Waals surface area contributed by atoms with Crippen LogP contribution in [0.1, 0.15) is 10.5 Å². The van der Waals surface area contributed by atoms with Gasteiger partial charge in [-0.2, -0.15) is 10.5 Å². The van der Waals surface area contributed by atoms with Gasteiger partial charge in [-0.15, -0.1) is 0 Å². The Morgan fingerprint density at radius 1 is 1.29 bits per heavy atom. The number of carbonyl (C=O) groups is 1. The summed E-state index contributed by atoms with van der Waals surface area (Å²) < 4.78 is 5.21. The second kappa shape index (κ2) is 6.36. The highest BCUT2D eigenvalue weighted by molar-refractivity contribution is 5.98. The van der Waals surface area contributed by atoms with E-state index in [4.69, 9.17) is 15.3 Å². The third-order valence-electron chi connectivity index (χ3n) is 2.93. The monoisotopic (exact) mass is 280 g/mol. The van der Waals surface area contributed by atoms with Gasteiger partial charge in [0.2, 0.25) is 5.88 Å². The number of carbonyl (C=O) groups excluding carboxylic acids is 1. The molecular weight excluding hydrogens is 268 g/mol. The normalized spacial score (nSPS) is 9.67. The number of fused-ring (bicyclic) bond motifs is 1. The van der Waals surface area contributed by atoms with E-state index < -0.39 is 5.91 Å². The number of amides is 1. The average molecular weight is 280 g/mol. The van der Waals surface area contributed by atoms with Gasteiger partial charge in [-0.1, -0.05) is 18.2 Å². The van der Waals surface area contributed by atoms with Crippen LogP contribution < -0.4 is 4.74 Å². The lowest BCUT2D eigenvalue weighted by atomic mass is 10.1. The molecule has 0 aliphatic rings. The Morgan fingerprint density at radius 3 is 2.57 bits per heavy atom. The number of benzene rings is 1. The van der Waals surface area contributed by atoms with Crippen LogP contribution in [-0.2, 0) is 0 Å². The molecule has 0 aliphatic heterocycles. The Bertz CT molecular complexity index is 742. The molecule has 0 radical (unpaired) electrons. The van der Waals surface area contributed by atoms with Gasteiger partial charge in [0.15, 0.2) is 0 Å². The van der Waals surface area contributed by atoms with E-state index in [1.54, 1.807) is 6.07 Å². The molecule has 1 heterocycles. The molecule has 0 spiro atoms. The molecule has 2 aromatic rings. The number of pyridine rings is 1. The SMILES string of the molecule is COc1nc(C(=O)N(CC#N)CC#N)cc2ccccc12. The van der Waals surface area contributed by atoms with E-state index in [0.29, 0.717) is 5.88 Å². The molecule has 21 heavy (non-hydrogen) atoms. The van der Waals surface area contributed by atoms with Gasteiger partial charge in [0.1, 0.15) is 18.8 Å². The third-order valence-corrected chi connectivity index (χ3v) is 2.93. The van der Waals surface area contributed by atoms with E-state index in [-0.39, 0.29) is 18.8 Å². The number of hydrogen-bond donors (Lipinski definition) is 0. The predicted molar refractivity (Wildman–Crippen MR) is 75.4 cm³/mol. The highest BCUT2D eigenvalue weighted by Crippen LogP contribution is 2.24. The van der Waals surface area contributed by atoms with E-state index in [0.717, 1.165) is 15.7 Å². The third kappa shape index (κ3) is 2.90. The summed E-state index contributed by atoms with van der Waals surface area (Å²) in [6.45, 7) is -0.327. The van der Waals surface area contributed by atoms with Crippen LogP contribution in [0.4, 0.5) is 0 Å². The number of nitrogens with zero attached hydrogens (tertiary/aromatic N) is 4. The fourth-order valence-corrected chi connectivity index (χ4v) is 1.96. The topological polar surface area (TPSA) is 90.0 Å². The Kier molecular flexibility index (Phi) is 4.33. The number of hydrogen-bond acceptors (Lipinski definition) is 5. The van der Waals surface area contributed by atoms with Gasteiger partial charge in [0.25, 0.3) is 5.91 Å². The van der Waals surface area contributed by atoms with Crippen molar-refractivity contribution in [2.75, 3.05) is 20.2 Å². The minimum atomic E-state index is -0.470. The molecule has 104 valence electrons. The number of ether oxygens (including phenoxy) is 1. The molecule has 0 aliphatic carbocycles. The van der Waals surface area contributed by atoms with Gasteiger partial charge in [0.05, 0.1) is 19.2 Å². The van der Waals surface area contributed by atoms with Gasteiger partial charge in [-0.3, -0.25) is 4.79 Å². The first-order chi connectivity index (χ1) is 10.2. The molecule has 1 aromatic carbocycles. The first-order valence-electron chi connectivity index (χ1n) is 6.18. The number of methoxy groups -OCH3 is 1. The average Bonchev–Trinajstić information content (AvgIpc) is 2.52. The highest BCUT2D eigenvalue weighted by Gasteiger charge is 2.18. The molecule has 0 fully saturated rings. The summed E-state index contributed by atoms with van der Waals surface area (Å²) in [4.78, 5) is 17.7. The molecular formula is C15H12N4O2. The van der Waals surface area contributed by atoms with E-state index >= 15 is 0 Å². The van der Waals surface area contributed by atoms with Crippen LogP contribution in [0, 0.1) is 22.7 Å². The van der Waals surface area contributed by atoms with Crippen molar-refractivity contribution in [3.63, 3.8) is 0 Å².